The summed E-state index contributed by atoms with van der Waals surface area (Å²) in [5, 5.41) is 3.00. The Balaban J connectivity index is 1.56. The van der Waals surface area contributed by atoms with Crippen LogP contribution in [0.5, 0.6) is 0 Å². The molecule has 4 rings (SSSR count). The van der Waals surface area contributed by atoms with E-state index in [1.54, 1.807) is 0 Å². The fourth-order valence-corrected chi connectivity index (χ4v) is 3.84. The molecule has 2 aromatic carbocycles. The zero-order valence-electron chi connectivity index (χ0n) is 15.0. The van der Waals surface area contributed by atoms with Gasteiger partial charge in [-0.15, -0.1) is 0 Å². The third-order valence-electron chi connectivity index (χ3n) is 5.17. The van der Waals surface area contributed by atoms with Crippen LogP contribution in [0.2, 0.25) is 0 Å². The smallest absolute Gasteiger partial charge is 0.257 e. The Morgan fingerprint density at radius 1 is 1.00 bits per heavy atom. The highest BCUT2D eigenvalue weighted by Gasteiger charge is 2.40. The van der Waals surface area contributed by atoms with Gasteiger partial charge in [0.25, 0.3) is 5.91 Å². The van der Waals surface area contributed by atoms with Gasteiger partial charge in [-0.3, -0.25) is 4.79 Å². The zero-order valence-corrected chi connectivity index (χ0v) is 15.0. The van der Waals surface area contributed by atoms with Crippen molar-refractivity contribution in [1.82, 2.24) is 0 Å². The topological polar surface area (TPSA) is 50.8 Å². The zero-order chi connectivity index (χ0) is 18.0. The molecule has 5 nitrogen and oxygen atoms in total. The molecule has 136 valence electrons. The molecule has 2 aliphatic rings. The van der Waals surface area contributed by atoms with Crippen LogP contribution in [-0.4, -0.2) is 38.0 Å². The lowest BCUT2D eigenvalue weighted by atomic mass is 9.99. The number of anilines is 2. The normalized spacial score (nSPS) is 18.9. The molecule has 26 heavy (non-hydrogen) atoms. The van der Waals surface area contributed by atoms with Crippen LogP contribution in [0.25, 0.3) is 0 Å². The van der Waals surface area contributed by atoms with Crippen molar-refractivity contribution in [3.63, 3.8) is 0 Å². The summed E-state index contributed by atoms with van der Waals surface area (Å²) in [7, 11) is 0. The fraction of sp³-hybridized carbons (Fsp3) is 0.381. The summed E-state index contributed by atoms with van der Waals surface area (Å²) in [6.07, 6.45) is 1.64. The number of hydrogen-bond acceptors (Lipinski definition) is 4. The molecule has 0 bridgehead atoms. The molecule has 2 aromatic rings. The second-order valence-electron chi connectivity index (χ2n) is 6.89. The number of aryl methyl sites for hydroxylation is 1. The molecule has 2 saturated heterocycles. The number of nitrogens with zero attached hydrogens (tertiary/aromatic N) is 1. The maximum absolute atomic E-state index is 12.9. The van der Waals surface area contributed by atoms with Gasteiger partial charge in [0.05, 0.1) is 24.5 Å². The molecule has 0 atom stereocenters. The van der Waals surface area contributed by atoms with Crippen LogP contribution in [-0.2, 0) is 9.47 Å². The molecule has 1 spiro atoms. The average molecular weight is 352 g/mol. The minimum absolute atomic E-state index is 0.0800. The van der Waals surface area contributed by atoms with E-state index in [0.717, 1.165) is 42.9 Å². The number of amides is 1. The summed E-state index contributed by atoms with van der Waals surface area (Å²) >= 11 is 0. The van der Waals surface area contributed by atoms with Crippen LogP contribution in [0.4, 0.5) is 11.4 Å². The van der Waals surface area contributed by atoms with E-state index in [0.29, 0.717) is 18.8 Å². The lowest BCUT2D eigenvalue weighted by Gasteiger charge is -2.39. The predicted molar refractivity (Wildman–Crippen MR) is 102 cm³/mol. The number of piperidine rings is 1. The van der Waals surface area contributed by atoms with Crippen LogP contribution < -0.4 is 10.2 Å². The first-order chi connectivity index (χ1) is 12.7. The van der Waals surface area contributed by atoms with E-state index < -0.39 is 5.79 Å². The van der Waals surface area contributed by atoms with Gasteiger partial charge in [0.15, 0.2) is 5.79 Å². The van der Waals surface area contributed by atoms with E-state index in [2.05, 4.69) is 23.2 Å². The van der Waals surface area contributed by atoms with Gasteiger partial charge < -0.3 is 19.7 Å². The highest BCUT2D eigenvalue weighted by Crippen LogP contribution is 2.35. The number of para-hydroxylation sites is 2. The van der Waals surface area contributed by atoms with Crippen molar-refractivity contribution in [2.24, 2.45) is 0 Å². The van der Waals surface area contributed by atoms with Crippen LogP contribution in [0.3, 0.4) is 0 Å². The summed E-state index contributed by atoms with van der Waals surface area (Å²) in [5.41, 5.74) is 3.62. The van der Waals surface area contributed by atoms with Crippen molar-refractivity contribution in [2.45, 2.75) is 25.6 Å². The average Bonchev–Trinajstić information content (AvgIpc) is 3.11. The summed E-state index contributed by atoms with van der Waals surface area (Å²) in [6, 6.07) is 15.4. The highest BCUT2D eigenvalue weighted by atomic mass is 16.7. The lowest BCUT2D eigenvalue weighted by molar-refractivity contribution is -0.169. The van der Waals surface area contributed by atoms with Gasteiger partial charge in [0.2, 0.25) is 0 Å². The van der Waals surface area contributed by atoms with Gasteiger partial charge in [0, 0.05) is 31.6 Å². The number of benzene rings is 2. The van der Waals surface area contributed by atoms with E-state index in [-0.39, 0.29) is 5.91 Å². The van der Waals surface area contributed by atoms with E-state index >= 15 is 0 Å². The van der Waals surface area contributed by atoms with E-state index in [1.165, 1.54) is 0 Å². The molecule has 2 heterocycles. The Labute approximate surface area is 153 Å². The molecule has 2 aliphatic heterocycles. The first-order valence-corrected chi connectivity index (χ1v) is 9.16. The number of carbonyl (C=O) groups is 1. The Kier molecular flexibility index (Phi) is 4.66. The third-order valence-corrected chi connectivity index (χ3v) is 5.17. The molecule has 2 fully saturated rings. The van der Waals surface area contributed by atoms with Crippen molar-refractivity contribution < 1.29 is 14.3 Å². The minimum Gasteiger partial charge on any atom is -0.370 e. The van der Waals surface area contributed by atoms with Crippen molar-refractivity contribution >= 4 is 17.3 Å². The van der Waals surface area contributed by atoms with Gasteiger partial charge in [0.1, 0.15) is 0 Å². The van der Waals surface area contributed by atoms with Gasteiger partial charge in [-0.25, -0.2) is 0 Å². The quantitative estimate of drug-likeness (QED) is 0.917. The van der Waals surface area contributed by atoms with Gasteiger partial charge in [-0.05, 0) is 30.7 Å². The number of hydrogen-bond donors (Lipinski definition) is 1. The monoisotopic (exact) mass is 352 g/mol. The Morgan fingerprint density at radius 3 is 2.38 bits per heavy atom. The number of carbonyl (C=O) groups excluding carboxylic acids is 1. The minimum atomic E-state index is -0.411. The van der Waals surface area contributed by atoms with Crippen molar-refractivity contribution in [1.29, 1.82) is 0 Å². The number of rotatable bonds is 3. The standard InChI is InChI=1S/C21H24N2O3/c1-16-6-5-9-18(20(24)22-17-7-3-2-4-8-17)19(16)23-12-10-21(11-13-23)25-14-15-26-21/h2-9H,10-15H2,1H3,(H,22,24). The molecule has 5 heteroatoms. The molecule has 1 amide bonds. The fourth-order valence-electron chi connectivity index (χ4n) is 3.84. The molecule has 0 aliphatic carbocycles. The number of ether oxygens (including phenoxy) is 2. The first kappa shape index (κ1) is 17.1. The molecule has 0 radical (unpaired) electrons. The first-order valence-electron chi connectivity index (χ1n) is 9.16. The Hall–Kier alpha value is -2.37. The molecule has 0 saturated carbocycles. The largest absolute Gasteiger partial charge is 0.370 e. The van der Waals surface area contributed by atoms with Crippen molar-refractivity contribution in [2.75, 3.05) is 36.5 Å². The van der Waals surface area contributed by atoms with Gasteiger partial charge in [-0.1, -0.05) is 30.3 Å². The maximum Gasteiger partial charge on any atom is 0.257 e. The van der Waals surface area contributed by atoms with Gasteiger partial charge in [-0.2, -0.15) is 0 Å². The van der Waals surface area contributed by atoms with E-state index in [9.17, 15) is 4.79 Å². The van der Waals surface area contributed by atoms with Crippen LogP contribution in [0.15, 0.2) is 48.5 Å². The summed E-state index contributed by atoms with van der Waals surface area (Å²) in [6.45, 7) is 5.04. The maximum atomic E-state index is 12.9. The van der Waals surface area contributed by atoms with Crippen LogP contribution in [0.1, 0.15) is 28.8 Å². The SMILES string of the molecule is Cc1cccc(C(=O)Nc2ccccc2)c1N1CCC2(CC1)OCCO2. The summed E-state index contributed by atoms with van der Waals surface area (Å²) < 4.78 is 11.6. The summed E-state index contributed by atoms with van der Waals surface area (Å²) in [5.74, 6) is -0.491. The second kappa shape index (κ2) is 7.09. The van der Waals surface area contributed by atoms with Crippen molar-refractivity contribution in [3.05, 3.63) is 59.7 Å². The van der Waals surface area contributed by atoms with E-state index in [1.807, 2.05) is 42.5 Å². The molecule has 0 aromatic heterocycles. The van der Waals surface area contributed by atoms with E-state index in [4.69, 9.17) is 9.47 Å². The lowest BCUT2D eigenvalue weighted by Crippen LogP contribution is -2.45. The van der Waals surface area contributed by atoms with Gasteiger partial charge >= 0.3 is 0 Å². The second-order valence-corrected chi connectivity index (χ2v) is 6.89. The molecule has 0 unspecified atom stereocenters. The van der Waals surface area contributed by atoms with Crippen LogP contribution in [0, 0.1) is 6.92 Å². The molecular weight excluding hydrogens is 328 g/mol. The number of nitrogens with one attached hydrogen (secondary N) is 1. The molecular formula is C21H24N2O3. The Bertz CT molecular complexity index is 775. The highest BCUT2D eigenvalue weighted by molar-refractivity contribution is 6.08. The summed E-state index contributed by atoms with van der Waals surface area (Å²) in [4.78, 5) is 15.2. The molecule has 1 N–H and O–H groups in total. The Morgan fingerprint density at radius 2 is 1.69 bits per heavy atom. The van der Waals surface area contributed by atoms with Crippen LogP contribution >= 0.6 is 0 Å². The van der Waals surface area contributed by atoms with Crippen molar-refractivity contribution in [3.8, 4) is 0 Å². The predicted octanol–water partition coefficient (Wildman–Crippen LogP) is 3.59. The third kappa shape index (κ3) is 3.32.